The first-order valence-corrected chi connectivity index (χ1v) is 13.6. The van der Waals surface area contributed by atoms with E-state index in [0.717, 1.165) is 16.0 Å². The number of carbonyl (C=O) groups excluding carboxylic acids is 1. The van der Waals surface area contributed by atoms with Crippen LogP contribution < -0.4 is 5.32 Å². The summed E-state index contributed by atoms with van der Waals surface area (Å²) in [5.41, 5.74) is 2.38. The van der Waals surface area contributed by atoms with E-state index in [1.165, 1.54) is 20.5 Å². The number of thiophene rings is 1. The number of hydrogen-bond acceptors (Lipinski definition) is 6. The summed E-state index contributed by atoms with van der Waals surface area (Å²) in [5, 5.41) is 2.95. The van der Waals surface area contributed by atoms with Crippen LogP contribution in [-0.4, -0.2) is 51.2 Å². The molecular formula is C23H24N2O4S3. The van der Waals surface area contributed by atoms with Gasteiger partial charge in [0.1, 0.15) is 4.21 Å². The van der Waals surface area contributed by atoms with E-state index in [-0.39, 0.29) is 5.91 Å². The average Bonchev–Trinajstić information content (AvgIpc) is 3.35. The average molecular weight is 489 g/mol. The number of sulfonamides is 1. The van der Waals surface area contributed by atoms with Crippen LogP contribution >= 0.6 is 23.1 Å². The third-order valence-corrected chi connectivity index (χ3v) is 9.41. The molecule has 0 aliphatic carbocycles. The molecule has 1 amide bonds. The molecule has 0 saturated carbocycles. The Morgan fingerprint density at radius 1 is 1.09 bits per heavy atom. The summed E-state index contributed by atoms with van der Waals surface area (Å²) in [6, 6.07) is 18.8. The molecule has 1 saturated heterocycles. The van der Waals surface area contributed by atoms with Crippen molar-refractivity contribution in [1.29, 1.82) is 0 Å². The lowest BCUT2D eigenvalue weighted by Crippen LogP contribution is -2.40. The minimum atomic E-state index is -3.53. The smallest absolute Gasteiger partial charge is 0.252 e. The Bertz CT molecular complexity index is 1180. The number of benzene rings is 2. The Labute approximate surface area is 196 Å². The Morgan fingerprint density at radius 2 is 1.84 bits per heavy atom. The summed E-state index contributed by atoms with van der Waals surface area (Å²) in [7, 11) is -3.53. The number of nitrogens with one attached hydrogen (secondary N) is 1. The minimum Gasteiger partial charge on any atom is -0.379 e. The van der Waals surface area contributed by atoms with Crippen molar-refractivity contribution < 1.29 is 17.9 Å². The highest BCUT2D eigenvalue weighted by molar-refractivity contribution is 7.98. The molecule has 0 unspecified atom stereocenters. The van der Waals surface area contributed by atoms with Crippen LogP contribution in [0.3, 0.4) is 0 Å². The van der Waals surface area contributed by atoms with Gasteiger partial charge in [-0.2, -0.15) is 4.31 Å². The molecule has 1 fully saturated rings. The summed E-state index contributed by atoms with van der Waals surface area (Å²) in [5.74, 6) is -0.168. The first kappa shape index (κ1) is 23.0. The van der Waals surface area contributed by atoms with Crippen molar-refractivity contribution in [3.05, 3.63) is 71.8 Å². The first-order chi connectivity index (χ1) is 15.5. The summed E-state index contributed by atoms with van der Waals surface area (Å²) >= 11 is 2.89. The molecule has 1 aromatic heterocycles. The van der Waals surface area contributed by atoms with Crippen LogP contribution in [0.1, 0.15) is 15.9 Å². The highest BCUT2D eigenvalue weighted by atomic mass is 32.2. The van der Waals surface area contributed by atoms with E-state index in [4.69, 9.17) is 4.74 Å². The van der Waals surface area contributed by atoms with E-state index in [2.05, 4.69) is 5.32 Å². The highest BCUT2D eigenvalue weighted by Gasteiger charge is 2.27. The first-order valence-electron chi connectivity index (χ1n) is 10.2. The maximum atomic E-state index is 12.9. The van der Waals surface area contributed by atoms with Crippen molar-refractivity contribution >= 4 is 39.0 Å². The predicted octanol–water partition coefficient (Wildman–Crippen LogP) is 4.09. The molecular weight excluding hydrogens is 464 g/mol. The van der Waals surface area contributed by atoms with Crippen LogP contribution in [0.4, 0.5) is 0 Å². The molecule has 3 aromatic rings. The quantitative estimate of drug-likeness (QED) is 0.507. The van der Waals surface area contributed by atoms with E-state index in [1.54, 1.807) is 36.0 Å². The van der Waals surface area contributed by atoms with Gasteiger partial charge in [-0.3, -0.25) is 4.79 Å². The number of nitrogens with zero attached hydrogens (tertiary/aromatic N) is 1. The topological polar surface area (TPSA) is 75.7 Å². The van der Waals surface area contributed by atoms with E-state index >= 15 is 0 Å². The molecule has 0 spiro atoms. The lowest BCUT2D eigenvalue weighted by Gasteiger charge is -2.25. The Kier molecular flexibility index (Phi) is 7.32. The zero-order valence-corrected chi connectivity index (χ0v) is 20.1. The molecule has 32 heavy (non-hydrogen) atoms. The molecule has 2 heterocycles. The van der Waals surface area contributed by atoms with Crippen molar-refractivity contribution in [3.8, 4) is 10.4 Å². The van der Waals surface area contributed by atoms with Gasteiger partial charge in [-0.15, -0.1) is 23.1 Å². The third-order valence-electron chi connectivity index (χ3n) is 5.17. The molecule has 1 N–H and O–H groups in total. The number of carbonyl (C=O) groups is 1. The summed E-state index contributed by atoms with van der Waals surface area (Å²) in [6.07, 6.45) is 2.03. The number of morpholine rings is 1. The maximum Gasteiger partial charge on any atom is 0.252 e. The van der Waals surface area contributed by atoms with Crippen molar-refractivity contribution in [2.75, 3.05) is 32.6 Å². The standard InChI is InChI=1S/C23H24N2O4S3/c1-30-20-7-5-17(6-8-20)16-24-23(26)19-4-2-3-18(15-19)21-9-10-22(31-21)32(27,28)25-11-13-29-14-12-25/h2-10,15H,11-14,16H2,1H3,(H,24,26). The second-order valence-electron chi connectivity index (χ2n) is 7.25. The largest absolute Gasteiger partial charge is 0.379 e. The van der Waals surface area contributed by atoms with Gasteiger partial charge in [-0.05, 0) is 53.8 Å². The second-order valence-corrected chi connectivity index (χ2v) is 11.4. The summed E-state index contributed by atoms with van der Waals surface area (Å²) in [6.45, 7) is 2.00. The molecule has 1 aliphatic heterocycles. The predicted molar refractivity (Wildman–Crippen MR) is 129 cm³/mol. The Balaban J connectivity index is 1.46. The number of ether oxygens (including phenoxy) is 1. The monoisotopic (exact) mass is 488 g/mol. The van der Waals surface area contributed by atoms with Crippen molar-refractivity contribution in [2.45, 2.75) is 15.6 Å². The van der Waals surface area contributed by atoms with E-state index in [9.17, 15) is 13.2 Å². The lowest BCUT2D eigenvalue weighted by molar-refractivity contribution is 0.0731. The Morgan fingerprint density at radius 3 is 2.56 bits per heavy atom. The number of rotatable bonds is 7. The summed E-state index contributed by atoms with van der Waals surface area (Å²) in [4.78, 5) is 14.7. The normalized spacial score (nSPS) is 14.9. The number of thioether (sulfide) groups is 1. The van der Waals surface area contributed by atoms with Gasteiger partial charge in [0.05, 0.1) is 13.2 Å². The number of hydrogen-bond donors (Lipinski definition) is 1. The van der Waals surface area contributed by atoms with Crippen molar-refractivity contribution in [3.63, 3.8) is 0 Å². The highest BCUT2D eigenvalue weighted by Crippen LogP contribution is 2.33. The van der Waals surface area contributed by atoms with Crippen molar-refractivity contribution in [2.24, 2.45) is 0 Å². The fourth-order valence-electron chi connectivity index (χ4n) is 3.37. The maximum absolute atomic E-state index is 12.9. The molecule has 168 valence electrons. The molecule has 2 aromatic carbocycles. The van der Waals surface area contributed by atoms with Gasteiger partial charge in [0.15, 0.2) is 0 Å². The Hall–Kier alpha value is -2.17. The van der Waals surface area contributed by atoms with Gasteiger partial charge in [0, 0.05) is 35.0 Å². The summed E-state index contributed by atoms with van der Waals surface area (Å²) < 4.78 is 32.8. The minimum absolute atomic E-state index is 0.168. The molecule has 1 aliphatic rings. The van der Waals surface area contributed by atoms with Crippen LogP contribution in [0, 0.1) is 0 Å². The van der Waals surface area contributed by atoms with E-state index < -0.39 is 10.0 Å². The second kappa shape index (κ2) is 10.2. The number of amides is 1. The van der Waals surface area contributed by atoms with Crippen LogP contribution in [0.2, 0.25) is 0 Å². The molecule has 0 bridgehead atoms. The molecule has 6 nitrogen and oxygen atoms in total. The van der Waals surface area contributed by atoms with Gasteiger partial charge in [-0.1, -0.05) is 24.3 Å². The third kappa shape index (κ3) is 5.24. The fourth-order valence-corrected chi connectivity index (χ4v) is 6.64. The van der Waals surface area contributed by atoms with Crippen molar-refractivity contribution in [1.82, 2.24) is 9.62 Å². The zero-order chi connectivity index (χ0) is 22.6. The SMILES string of the molecule is CSc1ccc(CNC(=O)c2cccc(-c3ccc(S(=O)(=O)N4CCOCC4)s3)c2)cc1. The van der Waals surface area contributed by atoms with Gasteiger partial charge in [-0.25, -0.2) is 8.42 Å². The molecule has 0 atom stereocenters. The fraction of sp³-hybridized carbons (Fsp3) is 0.261. The van der Waals surface area contributed by atoms with Crippen LogP contribution in [-0.2, 0) is 21.3 Å². The van der Waals surface area contributed by atoms with Crippen LogP contribution in [0.15, 0.2) is 69.8 Å². The molecule has 9 heteroatoms. The van der Waals surface area contributed by atoms with E-state index in [0.29, 0.717) is 42.6 Å². The van der Waals surface area contributed by atoms with E-state index in [1.807, 2.05) is 42.7 Å². The zero-order valence-electron chi connectivity index (χ0n) is 17.6. The van der Waals surface area contributed by atoms with Gasteiger partial charge >= 0.3 is 0 Å². The molecule has 0 radical (unpaired) electrons. The van der Waals surface area contributed by atoms with Gasteiger partial charge in [0.2, 0.25) is 0 Å². The van der Waals surface area contributed by atoms with Crippen LogP contribution in [0.25, 0.3) is 10.4 Å². The van der Waals surface area contributed by atoms with Gasteiger partial charge in [0.25, 0.3) is 15.9 Å². The lowest BCUT2D eigenvalue weighted by atomic mass is 10.1. The molecule has 4 rings (SSSR count). The van der Waals surface area contributed by atoms with Crippen LogP contribution in [0.5, 0.6) is 0 Å². The van der Waals surface area contributed by atoms with Gasteiger partial charge < -0.3 is 10.1 Å².